The Bertz CT molecular complexity index is 334. The maximum Gasteiger partial charge on any atom is 0.466 e. The number of hydrogen-bond acceptors (Lipinski definition) is 2. The molecule has 0 rings (SSSR count). The summed E-state index contributed by atoms with van der Waals surface area (Å²) in [6, 6.07) is 0. The molecule has 0 aromatic rings. The number of unbranched alkanes of at least 4 members (excludes halogenated alkanes) is 12. The highest BCUT2D eigenvalue weighted by Gasteiger charge is 2.00. The second-order valence-electron chi connectivity index (χ2n) is 7.25. The van der Waals surface area contributed by atoms with E-state index in [0.717, 1.165) is 0 Å². The van der Waals surface area contributed by atoms with Crippen molar-refractivity contribution in [3.63, 3.8) is 0 Å². The van der Waals surface area contributed by atoms with Gasteiger partial charge in [-0.3, -0.25) is 0 Å². The highest BCUT2D eigenvalue weighted by Crippen LogP contribution is 2.25. The molecule has 158 valence electrons. The highest BCUT2D eigenvalue weighted by atomic mass is 31.2. The predicted octanol–water partition coefficient (Wildman–Crippen LogP) is 5.66. The summed E-state index contributed by atoms with van der Waals surface area (Å²) in [4.78, 5) is 23.8. The molecular formula is C20H44NO4P. The van der Waals surface area contributed by atoms with Gasteiger partial charge in [0, 0.05) is 0 Å². The summed E-state index contributed by atoms with van der Waals surface area (Å²) in [5, 5.41) is 0. The standard InChI is InChI=1S/C20H41N.H3O4P/c1-4-5-6-7-8-9-10-11-12-13-14-15-16-17-18-19-20-21(2)3;1-5(2,3)4/h11-12H,4-10,13-20H2,1-3H3;(H3,1,2,3,4)/b12-11-;. The van der Waals surface area contributed by atoms with Gasteiger partial charge in [0.1, 0.15) is 0 Å². The minimum Gasteiger partial charge on any atom is -0.309 e. The van der Waals surface area contributed by atoms with Crippen LogP contribution in [0.1, 0.15) is 96.8 Å². The van der Waals surface area contributed by atoms with E-state index in [1.807, 2.05) is 0 Å². The molecule has 0 fully saturated rings. The van der Waals surface area contributed by atoms with E-state index in [1.165, 1.54) is 96.4 Å². The quantitative estimate of drug-likeness (QED) is 0.179. The van der Waals surface area contributed by atoms with Crippen LogP contribution in [-0.2, 0) is 4.57 Å². The van der Waals surface area contributed by atoms with Crippen molar-refractivity contribution in [3.05, 3.63) is 12.2 Å². The normalized spacial score (nSPS) is 11.8. The lowest BCUT2D eigenvalue weighted by molar-refractivity contribution is 0.275. The molecule has 0 amide bonds. The van der Waals surface area contributed by atoms with Crippen LogP contribution in [0.5, 0.6) is 0 Å². The molecule has 0 aromatic heterocycles. The molecule has 0 aliphatic rings. The van der Waals surface area contributed by atoms with Crippen LogP contribution < -0.4 is 0 Å². The Hall–Kier alpha value is -0.190. The zero-order valence-corrected chi connectivity index (χ0v) is 18.3. The van der Waals surface area contributed by atoms with Gasteiger partial charge in [0.25, 0.3) is 0 Å². The predicted molar refractivity (Wildman–Crippen MR) is 112 cm³/mol. The van der Waals surface area contributed by atoms with Crippen LogP contribution in [-0.4, -0.2) is 40.2 Å². The third kappa shape index (κ3) is 39.1. The first kappa shape index (κ1) is 28.0. The van der Waals surface area contributed by atoms with Crippen molar-refractivity contribution in [2.45, 2.75) is 96.8 Å². The van der Waals surface area contributed by atoms with Crippen LogP contribution in [0.2, 0.25) is 0 Å². The summed E-state index contributed by atoms with van der Waals surface area (Å²) in [6.45, 7) is 3.54. The minimum atomic E-state index is -4.64. The number of phosphoric acid groups is 1. The van der Waals surface area contributed by atoms with Gasteiger partial charge in [0.15, 0.2) is 0 Å². The first-order chi connectivity index (χ1) is 12.3. The lowest BCUT2D eigenvalue weighted by atomic mass is 10.1. The second-order valence-corrected chi connectivity index (χ2v) is 8.28. The Morgan fingerprint density at radius 3 is 1.42 bits per heavy atom. The lowest BCUT2D eigenvalue weighted by Crippen LogP contribution is -2.12. The molecule has 0 unspecified atom stereocenters. The van der Waals surface area contributed by atoms with Gasteiger partial charge in [-0.05, 0) is 52.7 Å². The van der Waals surface area contributed by atoms with Crippen LogP contribution in [0.4, 0.5) is 0 Å². The first-order valence-corrected chi connectivity index (χ1v) is 11.9. The van der Waals surface area contributed by atoms with E-state index < -0.39 is 7.82 Å². The largest absolute Gasteiger partial charge is 0.466 e. The van der Waals surface area contributed by atoms with E-state index in [9.17, 15) is 0 Å². The summed E-state index contributed by atoms with van der Waals surface area (Å²) in [7, 11) is -0.310. The fourth-order valence-electron chi connectivity index (χ4n) is 2.68. The molecule has 0 aliphatic carbocycles. The fraction of sp³-hybridized carbons (Fsp3) is 0.900. The molecule has 3 N–H and O–H groups in total. The van der Waals surface area contributed by atoms with Crippen LogP contribution in [0.15, 0.2) is 12.2 Å². The van der Waals surface area contributed by atoms with Gasteiger partial charge in [-0.15, -0.1) is 0 Å². The molecule has 0 saturated carbocycles. The van der Waals surface area contributed by atoms with Gasteiger partial charge < -0.3 is 19.6 Å². The summed E-state index contributed by atoms with van der Waals surface area (Å²) in [5.74, 6) is 0. The molecule has 0 spiro atoms. The van der Waals surface area contributed by atoms with E-state index in [2.05, 4.69) is 38.1 Å². The molecule has 0 bridgehead atoms. The van der Waals surface area contributed by atoms with E-state index in [4.69, 9.17) is 19.2 Å². The molecule has 0 aromatic carbocycles. The van der Waals surface area contributed by atoms with Crippen molar-refractivity contribution in [2.24, 2.45) is 0 Å². The minimum absolute atomic E-state index is 1.25. The second kappa shape index (κ2) is 21.1. The Balaban J connectivity index is 0. The molecule has 0 radical (unpaired) electrons. The molecule has 5 nitrogen and oxygen atoms in total. The maximum atomic E-state index is 8.88. The van der Waals surface area contributed by atoms with Gasteiger partial charge in [-0.25, -0.2) is 4.57 Å². The number of nitrogens with zero attached hydrogens (tertiary/aromatic N) is 1. The summed E-state index contributed by atoms with van der Waals surface area (Å²) >= 11 is 0. The van der Waals surface area contributed by atoms with Crippen LogP contribution in [0.25, 0.3) is 0 Å². The Kier molecular flexibility index (Phi) is 22.8. The van der Waals surface area contributed by atoms with Crippen molar-refractivity contribution in [1.29, 1.82) is 0 Å². The van der Waals surface area contributed by atoms with Gasteiger partial charge >= 0.3 is 7.82 Å². The van der Waals surface area contributed by atoms with Crippen LogP contribution in [0.3, 0.4) is 0 Å². The van der Waals surface area contributed by atoms with Gasteiger partial charge in [-0.1, -0.05) is 76.9 Å². The van der Waals surface area contributed by atoms with Gasteiger partial charge in [0.05, 0.1) is 0 Å². The first-order valence-electron chi connectivity index (χ1n) is 10.4. The van der Waals surface area contributed by atoms with Crippen molar-refractivity contribution >= 4 is 7.82 Å². The zero-order chi connectivity index (χ0) is 20.1. The summed E-state index contributed by atoms with van der Waals surface area (Å²) in [5.41, 5.74) is 0. The number of allylic oxidation sites excluding steroid dienone is 2. The Labute approximate surface area is 162 Å². The molecule has 6 heteroatoms. The monoisotopic (exact) mass is 393 g/mol. The van der Waals surface area contributed by atoms with Crippen molar-refractivity contribution < 1.29 is 19.2 Å². The zero-order valence-electron chi connectivity index (χ0n) is 17.4. The van der Waals surface area contributed by atoms with Crippen LogP contribution >= 0.6 is 7.82 Å². The SMILES string of the molecule is CCCCCCCC/C=C\CCCCCCCCN(C)C.O=P(O)(O)O. The molecule has 0 saturated heterocycles. The Morgan fingerprint density at radius 1 is 0.692 bits per heavy atom. The summed E-state index contributed by atoms with van der Waals surface area (Å²) in [6.07, 6.45) is 24.3. The Morgan fingerprint density at radius 2 is 1.04 bits per heavy atom. The van der Waals surface area contributed by atoms with Crippen LogP contribution in [0, 0.1) is 0 Å². The molecule has 0 atom stereocenters. The maximum absolute atomic E-state index is 8.88. The molecular weight excluding hydrogens is 349 g/mol. The average molecular weight is 394 g/mol. The van der Waals surface area contributed by atoms with Gasteiger partial charge in [0.2, 0.25) is 0 Å². The smallest absolute Gasteiger partial charge is 0.309 e. The molecule has 0 heterocycles. The third-order valence-corrected chi connectivity index (χ3v) is 4.12. The highest BCUT2D eigenvalue weighted by molar-refractivity contribution is 7.45. The third-order valence-electron chi connectivity index (χ3n) is 4.12. The average Bonchev–Trinajstić information content (AvgIpc) is 2.52. The topological polar surface area (TPSA) is 81.0 Å². The van der Waals surface area contributed by atoms with E-state index in [0.29, 0.717) is 0 Å². The van der Waals surface area contributed by atoms with Crippen molar-refractivity contribution in [2.75, 3.05) is 20.6 Å². The fourth-order valence-corrected chi connectivity index (χ4v) is 2.68. The van der Waals surface area contributed by atoms with E-state index in [-0.39, 0.29) is 0 Å². The van der Waals surface area contributed by atoms with Gasteiger partial charge in [-0.2, -0.15) is 0 Å². The van der Waals surface area contributed by atoms with Crippen molar-refractivity contribution in [3.8, 4) is 0 Å². The molecule has 0 aliphatic heterocycles. The lowest BCUT2D eigenvalue weighted by Gasteiger charge is -2.08. The van der Waals surface area contributed by atoms with Crippen molar-refractivity contribution in [1.82, 2.24) is 4.90 Å². The summed E-state index contributed by atoms with van der Waals surface area (Å²) < 4.78 is 8.88. The van der Waals surface area contributed by atoms with E-state index in [1.54, 1.807) is 0 Å². The molecule has 26 heavy (non-hydrogen) atoms. The van der Waals surface area contributed by atoms with E-state index >= 15 is 0 Å². The number of rotatable bonds is 16. The number of hydrogen-bond donors (Lipinski definition) is 3.